The standard InChI is InChI=1S/C22H22F3N3O4/c1-10(2)17(29)27-14-8-20(3)15-16(21(14,4)32-20)19(31)28(18(15)30)12-6-5-11(9-26)13(7-12)22(23,24)25/h5-7,10,14,30-31H,8H2,1-4H3,(H,27,29)/t14-,20-,21+/m1/s1. The predicted molar refractivity (Wildman–Crippen MR) is 106 cm³/mol. The molecule has 1 aromatic carbocycles. The van der Waals surface area contributed by atoms with Gasteiger partial charge in [0, 0.05) is 12.3 Å². The van der Waals surface area contributed by atoms with Gasteiger partial charge in [-0.1, -0.05) is 13.8 Å². The number of alkyl halides is 3. The second-order valence-electron chi connectivity index (χ2n) is 8.93. The highest BCUT2D eigenvalue weighted by atomic mass is 19.4. The summed E-state index contributed by atoms with van der Waals surface area (Å²) in [6.07, 6.45) is -4.48. The van der Waals surface area contributed by atoms with Gasteiger partial charge in [0.25, 0.3) is 0 Å². The molecule has 0 radical (unpaired) electrons. The van der Waals surface area contributed by atoms with E-state index in [-0.39, 0.29) is 28.6 Å². The number of hydrogen-bond donors (Lipinski definition) is 3. The van der Waals surface area contributed by atoms with E-state index < -0.39 is 46.3 Å². The molecule has 170 valence electrons. The fraction of sp³-hybridized carbons (Fsp3) is 0.455. The summed E-state index contributed by atoms with van der Waals surface area (Å²) in [5, 5.41) is 33.9. The topological polar surface area (TPSA) is 108 Å². The molecule has 1 saturated heterocycles. The molecule has 7 nitrogen and oxygen atoms in total. The van der Waals surface area contributed by atoms with Crippen LogP contribution in [0.3, 0.4) is 0 Å². The van der Waals surface area contributed by atoms with Crippen LogP contribution < -0.4 is 5.32 Å². The third-order valence-corrected chi connectivity index (χ3v) is 6.37. The molecule has 2 aromatic rings. The first-order valence-corrected chi connectivity index (χ1v) is 10.0. The Bertz CT molecular complexity index is 1180. The zero-order valence-corrected chi connectivity index (χ0v) is 17.8. The summed E-state index contributed by atoms with van der Waals surface area (Å²) in [7, 11) is 0. The van der Waals surface area contributed by atoms with Gasteiger partial charge in [0.05, 0.1) is 45.7 Å². The summed E-state index contributed by atoms with van der Waals surface area (Å²) >= 11 is 0. The van der Waals surface area contributed by atoms with Gasteiger partial charge < -0.3 is 20.3 Å². The summed E-state index contributed by atoms with van der Waals surface area (Å²) in [5.41, 5.74) is -3.68. The number of carbonyl (C=O) groups excluding carboxylic acids is 1. The molecule has 3 atom stereocenters. The van der Waals surface area contributed by atoms with E-state index in [1.54, 1.807) is 27.7 Å². The van der Waals surface area contributed by atoms with Gasteiger partial charge in [0.1, 0.15) is 5.60 Å². The molecular weight excluding hydrogens is 427 g/mol. The van der Waals surface area contributed by atoms with Gasteiger partial charge in [-0.2, -0.15) is 18.4 Å². The number of amides is 1. The average Bonchev–Trinajstić information content (AvgIpc) is 3.21. The molecule has 1 fully saturated rings. The molecule has 1 aromatic heterocycles. The predicted octanol–water partition coefficient (Wildman–Crippen LogP) is 3.78. The average molecular weight is 449 g/mol. The van der Waals surface area contributed by atoms with Crippen LogP contribution in [-0.2, 0) is 26.9 Å². The van der Waals surface area contributed by atoms with Crippen molar-refractivity contribution in [2.75, 3.05) is 0 Å². The number of ether oxygens (including phenoxy) is 1. The van der Waals surface area contributed by atoms with Crippen LogP contribution >= 0.6 is 0 Å². The lowest BCUT2D eigenvalue weighted by molar-refractivity contribution is -0.137. The number of hydrogen-bond acceptors (Lipinski definition) is 5. The molecule has 32 heavy (non-hydrogen) atoms. The van der Waals surface area contributed by atoms with Crippen LogP contribution in [0.15, 0.2) is 18.2 Å². The van der Waals surface area contributed by atoms with Crippen molar-refractivity contribution in [1.82, 2.24) is 9.88 Å². The first-order valence-electron chi connectivity index (χ1n) is 10.0. The first kappa shape index (κ1) is 22.0. The third-order valence-electron chi connectivity index (χ3n) is 6.37. The third kappa shape index (κ3) is 2.88. The van der Waals surface area contributed by atoms with Crippen molar-refractivity contribution < 1.29 is 32.9 Å². The lowest BCUT2D eigenvalue weighted by atomic mass is 9.76. The summed E-state index contributed by atoms with van der Waals surface area (Å²) in [6, 6.07) is 3.90. The van der Waals surface area contributed by atoms with E-state index in [9.17, 15) is 28.2 Å². The largest absolute Gasteiger partial charge is 0.494 e. The van der Waals surface area contributed by atoms with Crippen molar-refractivity contribution in [2.24, 2.45) is 5.92 Å². The Balaban J connectivity index is 1.87. The fourth-order valence-corrected chi connectivity index (χ4v) is 4.84. The number of nitrogens with zero attached hydrogens (tertiary/aromatic N) is 2. The van der Waals surface area contributed by atoms with Gasteiger partial charge in [-0.15, -0.1) is 0 Å². The molecule has 0 spiro atoms. The number of halogens is 3. The van der Waals surface area contributed by atoms with E-state index >= 15 is 0 Å². The van der Waals surface area contributed by atoms with Gasteiger partial charge in [-0.05, 0) is 32.0 Å². The van der Waals surface area contributed by atoms with Crippen LogP contribution in [0.1, 0.15) is 56.4 Å². The van der Waals surface area contributed by atoms with Gasteiger partial charge in [-0.25, -0.2) is 0 Å². The smallest absolute Gasteiger partial charge is 0.417 e. The highest BCUT2D eigenvalue weighted by molar-refractivity contribution is 5.79. The zero-order valence-electron chi connectivity index (χ0n) is 17.8. The maximum atomic E-state index is 13.4. The molecule has 4 rings (SSSR count). The Morgan fingerprint density at radius 3 is 2.47 bits per heavy atom. The number of aromatic hydroxyl groups is 2. The van der Waals surface area contributed by atoms with Crippen LogP contribution in [0.25, 0.3) is 5.69 Å². The van der Waals surface area contributed by atoms with Crippen LogP contribution in [0, 0.1) is 17.2 Å². The fourth-order valence-electron chi connectivity index (χ4n) is 4.84. The van der Waals surface area contributed by atoms with Crippen LogP contribution in [0.4, 0.5) is 13.2 Å². The molecule has 2 bridgehead atoms. The Morgan fingerprint density at radius 1 is 1.28 bits per heavy atom. The summed E-state index contributed by atoms with van der Waals surface area (Å²) in [6.45, 7) is 6.84. The second-order valence-corrected chi connectivity index (χ2v) is 8.93. The molecule has 3 N–H and O–H groups in total. The van der Waals surface area contributed by atoms with E-state index in [0.29, 0.717) is 12.5 Å². The molecule has 2 aliphatic heterocycles. The van der Waals surface area contributed by atoms with Gasteiger partial charge >= 0.3 is 6.18 Å². The minimum Gasteiger partial charge on any atom is -0.494 e. The SMILES string of the molecule is CC(C)C(=O)N[C@@H]1C[C@@]2(C)O[C@]1(C)c1c2c(O)n(-c2ccc(C#N)c(C(F)(F)F)c2)c1O. The Hall–Kier alpha value is -3.19. The number of fused-ring (bicyclic) bond motifs is 5. The molecule has 3 heterocycles. The number of nitrogens with one attached hydrogen (secondary N) is 1. The number of benzene rings is 1. The van der Waals surface area contributed by atoms with E-state index in [1.165, 1.54) is 12.1 Å². The molecule has 0 unspecified atom stereocenters. The zero-order chi connectivity index (χ0) is 23.8. The Labute approximate surface area is 182 Å². The molecule has 2 aliphatic rings. The van der Waals surface area contributed by atoms with E-state index in [1.807, 2.05) is 0 Å². The lowest BCUT2D eigenvalue weighted by Gasteiger charge is -2.31. The monoisotopic (exact) mass is 449 g/mol. The van der Waals surface area contributed by atoms with Gasteiger partial charge in [0.15, 0.2) is 0 Å². The summed E-state index contributed by atoms with van der Waals surface area (Å²) < 4.78 is 47.4. The van der Waals surface area contributed by atoms with Crippen LogP contribution in [0.2, 0.25) is 0 Å². The van der Waals surface area contributed by atoms with Crippen molar-refractivity contribution >= 4 is 5.91 Å². The first-order chi connectivity index (χ1) is 14.7. The van der Waals surface area contributed by atoms with Crippen molar-refractivity contribution in [2.45, 2.75) is 57.5 Å². The van der Waals surface area contributed by atoms with Crippen molar-refractivity contribution in [3.63, 3.8) is 0 Å². The lowest BCUT2D eigenvalue weighted by Crippen LogP contribution is -2.48. The minimum atomic E-state index is -4.80. The summed E-state index contributed by atoms with van der Waals surface area (Å²) in [4.78, 5) is 12.3. The number of nitriles is 1. The van der Waals surface area contributed by atoms with Crippen molar-refractivity contribution in [3.05, 3.63) is 40.5 Å². The molecule has 10 heteroatoms. The minimum absolute atomic E-state index is 0.157. The van der Waals surface area contributed by atoms with Gasteiger partial charge in [0.2, 0.25) is 17.7 Å². The number of aromatic nitrogens is 1. The summed E-state index contributed by atoms with van der Waals surface area (Å²) in [5.74, 6) is -1.42. The quantitative estimate of drug-likeness (QED) is 0.661. The van der Waals surface area contributed by atoms with Crippen LogP contribution in [-0.4, -0.2) is 26.7 Å². The normalized spacial score (nSPS) is 26.3. The molecule has 1 amide bonds. The van der Waals surface area contributed by atoms with Gasteiger partial charge in [-0.3, -0.25) is 9.36 Å². The van der Waals surface area contributed by atoms with E-state index in [2.05, 4.69) is 5.32 Å². The maximum absolute atomic E-state index is 13.4. The van der Waals surface area contributed by atoms with E-state index in [0.717, 1.165) is 10.6 Å². The molecular formula is C22H22F3N3O4. The maximum Gasteiger partial charge on any atom is 0.417 e. The molecule has 0 aliphatic carbocycles. The highest BCUT2D eigenvalue weighted by Crippen LogP contribution is 2.64. The van der Waals surface area contributed by atoms with Crippen molar-refractivity contribution in [3.8, 4) is 23.5 Å². The number of rotatable bonds is 3. The van der Waals surface area contributed by atoms with Crippen LogP contribution in [0.5, 0.6) is 11.8 Å². The molecule has 0 saturated carbocycles. The second kappa shape index (κ2) is 6.65. The van der Waals surface area contributed by atoms with Crippen molar-refractivity contribution in [1.29, 1.82) is 5.26 Å². The Morgan fingerprint density at radius 2 is 1.91 bits per heavy atom. The van der Waals surface area contributed by atoms with E-state index in [4.69, 9.17) is 10.00 Å². The highest BCUT2D eigenvalue weighted by Gasteiger charge is 2.65. The number of carbonyl (C=O) groups is 1. The Kier molecular flexibility index (Phi) is 4.58.